The molecule has 3 atom stereocenters. The number of halogens is 1. The van der Waals surface area contributed by atoms with Gasteiger partial charge >= 0.3 is 7.75 Å². The maximum atomic E-state index is 15.1. The van der Waals surface area contributed by atoms with E-state index < -0.39 is 25.7 Å². The van der Waals surface area contributed by atoms with Crippen LogP contribution in [0.2, 0.25) is 0 Å². The first-order valence-corrected chi connectivity index (χ1v) is 26.1. The Morgan fingerprint density at radius 2 is 1.81 bits per heavy atom. The molecule has 1 aliphatic carbocycles. The summed E-state index contributed by atoms with van der Waals surface area (Å²) in [6.07, 6.45) is 7.98. The highest BCUT2D eigenvalue weighted by Crippen LogP contribution is 2.42. The Morgan fingerprint density at radius 3 is 2.51 bits per heavy atom. The van der Waals surface area contributed by atoms with Crippen molar-refractivity contribution < 1.29 is 38.2 Å². The highest BCUT2D eigenvalue weighted by atomic mass is 31.2. The summed E-state index contributed by atoms with van der Waals surface area (Å²) in [4.78, 5) is 69.0. The number of carbonyl (C=O) groups excluding carboxylic acids is 2. The Hall–Kier alpha value is -6.21. The number of rotatable bonds is 14. The zero-order chi connectivity index (χ0) is 51.4. The van der Waals surface area contributed by atoms with Gasteiger partial charge in [0.05, 0.1) is 42.5 Å². The number of hydrogen-bond donors (Lipinski definition) is 6. The smallest absolute Gasteiger partial charge is 0.401 e. The number of hydrogen-bond acceptors (Lipinski definition) is 12. The molecule has 382 valence electrons. The number of nitrogens with one attached hydrogen (secondary N) is 3. The molecule has 72 heavy (non-hydrogen) atoms. The molecule has 4 aliphatic rings. The van der Waals surface area contributed by atoms with Gasteiger partial charge in [-0.2, -0.15) is 0 Å². The first kappa shape index (κ1) is 50.7. The zero-order valence-corrected chi connectivity index (χ0v) is 42.8. The monoisotopic (exact) mass is 1010 g/mol. The molecule has 3 aromatic heterocycles. The molecule has 20 heteroatoms. The van der Waals surface area contributed by atoms with E-state index in [1.54, 1.807) is 49.3 Å². The third-order valence-corrected chi connectivity index (χ3v) is 15.5. The summed E-state index contributed by atoms with van der Waals surface area (Å²) < 4.78 is 34.7. The van der Waals surface area contributed by atoms with Gasteiger partial charge in [-0.05, 0) is 119 Å². The predicted octanol–water partition coefficient (Wildman–Crippen LogP) is 7.12. The van der Waals surface area contributed by atoms with Gasteiger partial charge in [-0.25, -0.2) is 29.0 Å². The van der Waals surface area contributed by atoms with E-state index in [1.807, 2.05) is 24.3 Å². The lowest BCUT2D eigenvalue weighted by Gasteiger charge is -2.48. The molecular weight excluding hydrogens is 941 g/mol. The number of ether oxygens (including phenoxy) is 1. The van der Waals surface area contributed by atoms with Crippen molar-refractivity contribution in [2.75, 3.05) is 65.2 Å². The van der Waals surface area contributed by atoms with E-state index in [4.69, 9.17) is 9.72 Å². The summed E-state index contributed by atoms with van der Waals surface area (Å²) in [5, 5.41) is 19.5. The second kappa shape index (κ2) is 19.7. The maximum Gasteiger partial charge on any atom is 0.401 e. The summed E-state index contributed by atoms with van der Waals surface area (Å²) in [5.41, 5.74) is 6.34. The molecule has 18 nitrogen and oxygen atoms in total. The largest absolute Gasteiger partial charge is 0.478 e. The average molecular weight is 1010 g/mol. The van der Waals surface area contributed by atoms with Gasteiger partial charge in [0.1, 0.15) is 17.3 Å². The van der Waals surface area contributed by atoms with Gasteiger partial charge < -0.3 is 44.6 Å². The number of fused-ring (bicyclic) bond motifs is 3. The highest BCUT2D eigenvalue weighted by molar-refractivity contribution is 7.49. The topological polar surface area (TPSA) is 214 Å². The molecule has 0 bridgehead atoms. The van der Waals surface area contributed by atoms with Gasteiger partial charge in [-0.3, -0.25) is 19.4 Å². The minimum Gasteiger partial charge on any atom is -0.478 e. The van der Waals surface area contributed by atoms with Crippen molar-refractivity contribution in [2.45, 2.75) is 104 Å². The van der Waals surface area contributed by atoms with Crippen molar-refractivity contribution in [1.82, 2.24) is 29.5 Å². The number of anilines is 6. The quantitative estimate of drug-likeness (QED) is 0.0483. The van der Waals surface area contributed by atoms with Crippen molar-refractivity contribution in [2.24, 2.45) is 5.41 Å². The normalized spacial score (nSPS) is 20.3. The van der Waals surface area contributed by atoms with Crippen molar-refractivity contribution in [1.29, 1.82) is 0 Å². The Kier molecular flexibility index (Phi) is 13.9. The average Bonchev–Trinajstić information content (AvgIpc) is 3.82. The molecule has 6 N–H and O–H groups in total. The summed E-state index contributed by atoms with van der Waals surface area (Å²) in [6.45, 7) is 19.2. The molecule has 0 saturated carbocycles. The number of piperidine rings is 1. The van der Waals surface area contributed by atoms with Crippen LogP contribution in [0.15, 0.2) is 73.6 Å². The fourth-order valence-corrected chi connectivity index (χ4v) is 12.2. The van der Waals surface area contributed by atoms with Crippen molar-refractivity contribution in [3.05, 3.63) is 107 Å². The number of piperazine rings is 1. The van der Waals surface area contributed by atoms with Crippen LogP contribution in [0.4, 0.5) is 38.8 Å². The Bertz CT molecular complexity index is 2980. The van der Waals surface area contributed by atoms with Crippen molar-refractivity contribution in [3.8, 4) is 17.1 Å². The van der Waals surface area contributed by atoms with E-state index in [0.717, 1.165) is 56.7 Å². The van der Waals surface area contributed by atoms with Gasteiger partial charge in [-0.15, -0.1) is 0 Å². The van der Waals surface area contributed by atoms with E-state index in [9.17, 15) is 29.0 Å². The maximum absolute atomic E-state index is 15.1. The van der Waals surface area contributed by atoms with Gasteiger partial charge in [0.25, 0.3) is 11.8 Å². The molecule has 0 spiro atoms. The highest BCUT2D eigenvalue weighted by Gasteiger charge is 2.39. The van der Waals surface area contributed by atoms with Crippen LogP contribution in [0.25, 0.3) is 11.3 Å². The minimum absolute atomic E-state index is 0.0706. The number of amides is 2. The lowest BCUT2D eigenvalue weighted by Crippen LogP contribution is -2.58. The molecule has 2 amide bonds. The zero-order valence-electron chi connectivity index (χ0n) is 41.9. The first-order valence-electron chi connectivity index (χ1n) is 24.5. The number of aliphatic hydroxyl groups excluding tert-OH is 1. The summed E-state index contributed by atoms with van der Waals surface area (Å²) >= 11 is 0. The Labute approximate surface area is 419 Å². The molecule has 3 aliphatic heterocycles. The molecule has 5 aromatic rings. The van der Waals surface area contributed by atoms with Gasteiger partial charge in [0.2, 0.25) is 5.91 Å². The fraction of sp³-hybridized carbons (Fsp3) is 0.442. The third-order valence-electron chi connectivity index (χ3n) is 14.7. The van der Waals surface area contributed by atoms with Gasteiger partial charge in [0, 0.05) is 97.3 Å². The molecule has 2 aromatic carbocycles. The fourth-order valence-electron chi connectivity index (χ4n) is 11.4. The predicted molar refractivity (Wildman–Crippen MR) is 276 cm³/mol. The SMILES string of the molecule is C=CC(=O)Nc1cc(Nc2nc(-c3ccnc(N4CCn5c(cc6c5CC(C)(C)C6)C4=O)c3CO)cnc2OC)ccc1N1CCN(C2CCN(c3ccc(F)c(C(C)(C)NP(=O)(O)O)c3)[C@H](C)C2)C[C@@H]1C. The number of pyridine rings is 1. The minimum atomic E-state index is -4.63. The van der Waals surface area contributed by atoms with E-state index in [-0.39, 0.29) is 46.6 Å². The lowest BCUT2D eigenvalue weighted by atomic mass is 9.90. The second-order valence-electron chi connectivity index (χ2n) is 20.8. The molecular formula is C52H65FN11O7P. The van der Waals surface area contributed by atoms with Crippen LogP contribution in [0.1, 0.15) is 87.3 Å². The number of methoxy groups -OCH3 is 1. The summed E-state index contributed by atoms with van der Waals surface area (Å²) in [5.74, 6) is -0.192. The van der Waals surface area contributed by atoms with E-state index in [1.165, 1.54) is 30.5 Å². The van der Waals surface area contributed by atoms with Crippen LogP contribution in [0.3, 0.4) is 0 Å². The second-order valence-corrected chi connectivity index (χ2v) is 22.1. The van der Waals surface area contributed by atoms with Crippen molar-refractivity contribution in [3.63, 3.8) is 0 Å². The van der Waals surface area contributed by atoms with Crippen LogP contribution >= 0.6 is 7.75 Å². The van der Waals surface area contributed by atoms with Crippen molar-refractivity contribution >= 4 is 53.9 Å². The van der Waals surface area contributed by atoms with Crippen LogP contribution in [-0.2, 0) is 40.9 Å². The molecule has 6 heterocycles. The number of benzene rings is 2. The summed E-state index contributed by atoms with van der Waals surface area (Å²) in [7, 11) is -3.13. The van der Waals surface area contributed by atoms with Crippen LogP contribution < -0.4 is 35.2 Å². The molecule has 0 radical (unpaired) electrons. The summed E-state index contributed by atoms with van der Waals surface area (Å²) in [6, 6.07) is 14.7. The molecule has 9 rings (SSSR count). The van der Waals surface area contributed by atoms with Gasteiger partial charge in [0.15, 0.2) is 5.82 Å². The number of aliphatic hydroxyl groups is 1. The molecule has 2 fully saturated rings. The number of aromatic nitrogens is 4. The van der Waals surface area contributed by atoms with E-state index in [0.29, 0.717) is 65.4 Å². The molecule has 2 saturated heterocycles. The van der Waals surface area contributed by atoms with Crippen LogP contribution in [-0.4, -0.2) is 109 Å². The van der Waals surface area contributed by atoms with E-state index >= 15 is 4.39 Å². The lowest BCUT2D eigenvalue weighted by molar-refractivity contribution is -0.111. The van der Waals surface area contributed by atoms with Gasteiger partial charge in [-0.1, -0.05) is 20.4 Å². The third kappa shape index (κ3) is 10.1. The van der Waals surface area contributed by atoms with Crippen LogP contribution in [0.5, 0.6) is 5.88 Å². The van der Waals surface area contributed by atoms with Crippen LogP contribution in [0, 0.1) is 11.2 Å². The molecule has 1 unspecified atom stereocenters. The van der Waals surface area contributed by atoms with E-state index in [2.05, 4.69) is 79.2 Å². The first-order chi connectivity index (χ1) is 34.2. The Morgan fingerprint density at radius 1 is 1.01 bits per heavy atom. The number of nitrogens with zero attached hydrogens (tertiary/aromatic N) is 8. The number of carbonyl (C=O) groups is 2. The standard InChI is InChI=1S/C52H65FN11O7P/c1-9-46(66)57-41-24-34(10-13-43(41)62-19-18-60(29-32(62)3)35-15-17-61(31(2)22-35)36-11-12-40(53)39(25-36)52(6,7)59-72(68,69)70)56-47-49(71-8)55-28-42(58-47)37-14-16-54-48(38(37)30-65)64-21-20-63-44(50(64)67)23-33-26-51(4,5)27-45(33)63/h9-14,16,23-25,28,31-32,35,65H,1,15,17-22,26-27,29-30H2,2-8H3,(H,56,58)(H,57,66)(H3,59,68,69,70)/t31-,32+,35?/m1/s1. The Balaban J connectivity index is 0.904.